The molecule has 0 radical (unpaired) electrons. The Morgan fingerprint density at radius 2 is 1.13 bits per heavy atom. The Balaban J connectivity index is -0.000000272. The van der Waals surface area contributed by atoms with Crippen molar-refractivity contribution in [3.05, 3.63) is 0 Å². The highest BCUT2D eigenvalue weighted by atomic mass is 16.4. The second-order valence-electron chi connectivity index (χ2n) is 5.49. The van der Waals surface area contributed by atoms with Gasteiger partial charge in [-0.15, -0.1) is 0 Å². The molecular weight excluding hydrogens is 312 g/mol. The maximum absolute atomic E-state index is 9.90. The fourth-order valence-electron chi connectivity index (χ4n) is 0.660. The van der Waals surface area contributed by atoms with E-state index in [1.807, 2.05) is 0 Å². The van der Waals surface area contributed by atoms with Crippen LogP contribution in [0.4, 0.5) is 0 Å². The van der Waals surface area contributed by atoms with E-state index in [2.05, 4.69) is 0 Å². The molecule has 0 fully saturated rings. The number of aliphatic hydroxyl groups excluding tert-OH is 5. The van der Waals surface area contributed by atoms with E-state index in [-0.39, 0.29) is 44.7 Å². The Morgan fingerprint density at radius 1 is 0.826 bits per heavy atom. The average molecular weight is 342 g/mol. The predicted molar refractivity (Wildman–Crippen MR) is 81.9 cm³/mol. The summed E-state index contributed by atoms with van der Waals surface area (Å²) < 4.78 is 0. The number of rotatable bonds is 9. The van der Waals surface area contributed by atoms with Crippen LogP contribution in [0.15, 0.2) is 0 Å². The monoisotopic (exact) mass is 342 g/mol. The van der Waals surface area contributed by atoms with Crippen molar-refractivity contribution >= 4 is 11.9 Å². The molecule has 0 bridgehead atoms. The number of aliphatic carboxylic acids is 2. The maximum atomic E-state index is 9.90. The Kier molecular flexibility index (Phi) is 19.8. The molecule has 0 saturated heterocycles. The van der Waals surface area contributed by atoms with E-state index < -0.39 is 18.0 Å². The van der Waals surface area contributed by atoms with Gasteiger partial charge in [-0.2, -0.15) is 0 Å². The van der Waals surface area contributed by atoms with Crippen molar-refractivity contribution in [3.8, 4) is 0 Å². The number of hydrogen-bond acceptors (Lipinski definition) is 7. The van der Waals surface area contributed by atoms with Gasteiger partial charge < -0.3 is 35.7 Å². The molecule has 0 amide bonds. The van der Waals surface area contributed by atoms with Crippen LogP contribution in [0.5, 0.6) is 0 Å². The second kappa shape index (κ2) is 17.1. The van der Waals surface area contributed by atoms with Gasteiger partial charge in [0.25, 0.3) is 0 Å². The van der Waals surface area contributed by atoms with Crippen molar-refractivity contribution < 1.29 is 45.3 Å². The summed E-state index contributed by atoms with van der Waals surface area (Å²) in [5.74, 6) is -1.74. The first-order valence-electron chi connectivity index (χ1n) is 7.11. The summed E-state index contributed by atoms with van der Waals surface area (Å²) in [6, 6.07) is 0. The van der Waals surface area contributed by atoms with Crippen LogP contribution in [0.2, 0.25) is 0 Å². The Hall–Kier alpha value is -1.26. The van der Waals surface area contributed by atoms with Crippen LogP contribution in [0.1, 0.15) is 39.5 Å². The van der Waals surface area contributed by atoms with Crippen LogP contribution >= 0.6 is 0 Å². The summed E-state index contributed by atoms with van der Waals surface area (Å²) >= 11 is 0. The molecule has 0 unspecified atom stereocenters. The highest BCUT2D eigenvalue weighted by molar-refractivity contribution is 5.67. The first-order valence-corrected chi connectivity index (χ1v) is 7.11. The van der Waals surface area contributed by atoms with Crippen molar-refractivity contribution in [3.63, 3.8) is 0 Å². The molecule has 9 nitrogen and oxygen atoms in total. The molecule has 0 aromatic heterocycles. The van der Waals surface area contributed by atoms with E-state index in [1.165, 1.54) is 0 Å². The lowest BCUT2D eigenvalue weighted by Gasteiger charge is -2.16. The van der Waals surface area contributed by atoms with Gasteiger partial charge in [0.2, 0.25) is 0 Å². The van der Waals surface area contributed by atoms with Crippen LogP contribution in [0, 0.1) is 5.41 Å². The molecule has 0 atom stereocenters. The molecule has 0 aliphatic rings. The highest BCUT2D eigenvalue weighted by Gasteiger charge is 2.13. The van der Waals surface area contributed by atoms with Gasteiger partial charge in [0.05, 0.1) is 26.4 Å². The summed E-state index contributed by atoms with van der Waals surface area (Å²) in [4.78, 5) is 19.8. The lowest BCUT2D eigenvalue weighted by atomic mass is 9.97. The van der Waals surface area contributed by atoms with Crippen LogP contribution in [0.3, 0.4) is 0 Å². The molecule has 140 valence electrons. The fraction of sp³-hybridized carbons (Fsp3) is 0.857. The molecule has 0 spiro atoms. The predicted octanol–water partition coefficient (Wildman–Crippen LogP) is -0.955. The van der Waals surface area contributed by atoms with Crippen molar-refractivity contribution in [1.29, 1.82) is 0 Å². The molecule has 0 saturated carbocycles. The van der Waals surface area contributed by atoms with E-state index in [0.717, 1.165) is 0 Å². The molecule has 0 rings (SSSR count). The first-order chi connectivity index (χ1) is 10.6. The number of unbranched alkanes of at least 4 members (excludes halogenated alkanes) is 1. The maximum Gasteiger partial charge on any atom is 0.303 e. The first kappa shape index (κ1) is 26.6. The zero-order chi connectivity index (χ0) is 18.9. The van der Waals surface area contributed by atoms with Gasteiger partial charge in [0.15, 0.2) is 0 Å². The zero-order valence-electron chi connectivity index (χ0n) is 13.7. The van der Waals surface area contributed by atoms with Gasteiger partial charge >= 0.3 is 11.9 Å². The topological polar surface area (TPSA) is 176 Å². The standard InChI is InChI=1S/C6H10O4.C5H12O2.C3H8O3/c7-5(8)3-1-2-4-6(9)10;1-5(2,3-6)4-7;4-1-3(6)2-5/h1-4H2,(H,7,8)(H,9,10);6-7H,3-4H2,1-2H3;3-6H,1-2H2. The van der Waals surface area contributed by atoms with E-state index in [4.69, 9.17) is 35.7 Å². The Morgan fingerprint density at radius 3 is 1.22 bits per heavy atom. The second-order valence-corrected chi connectivity index (χ2v) is 5.49. The molecule has 9 heteroatoms. The van der Waals surface area contributed by atoms with Gasteiger partial charge in [0.1, 0.15) is 6.10 Å². The van der Waals surface area contributed by atoms with Gasteiger partial charge in [-0.3, -0.25) is 9.59 Å². The number of carboxylic acid groups (broad SMARTS) is 2. The molecule has 23 heavy (non-hydrogen) atoms. The van der Waals surface area contributed by atoms with E-state index in [0.29, 0.717) is 12.8 Å². The van der Waals surface area contributed by atoms with Crippen molar-refractivity contribution in [1.82, 2.24) is 0 Å². The van der Waals surface area contributed by atoms with Gasteiger partial charge in [-0.25, -0.2) is 0 Å². The van der Waals surface area contributed by atoms with Crippen LogP contribution in [0.25, 0.3) is 0 Å². The van der Waals surface area contributed by atoms with Gasteiger partial charge in [0, 0.05) is 18.3 Å². The summed E-state index contributed by atoms with van der Waals surface area (Å²) in [5.41, 5.74) is -0.306. The zero-order valence-corrected chi connectivity index (χ0v) is 13.7. The highest BCUT2D eigenvalue weighted by Crippen LogP contribution is 2.10. The minimum atomic E-state index is -0.954. The number of aliphatic hydroxyl groups is 5. The fourth-order valence-corrected chi connectivity index (χ4v) is 0.660. The molecule has 0 aliphatic carbocycles. The van der Waals surface area contributed by atoms with Crippen LogP contribution in [-0.2, 0) is 9.59 Å². The third kappa shape index (κ3) is 29.4. The van der Waals surface area contributed by atoms with Crippen LogP contribution < -0.4 is 0 Å². The third-order valence-electron chi connectivity index (χ3n) is 2.31. The van der Waals surface area contributed by atoms with Crippen LogP contribution in [-0.4, -0.2) is 80.2 Å². The largest absolute Gasteiger partial charge is 0.481 e. The normalized spacial score (nSPS) is 10.3. The summed E-state index contributed by atoms with van der Waals surface area (Å²) in [6.45, 7) is 2.96. The molecule has 0 heterocycles. The number of carbonyl (C=O) groups is 2. The smallest absolute Gasteiger partial charge is 0.303 e. The number of hydrogen-bond donors (Lipinski definition) is 7. The molecule has 7 N–H and O–H groups in total. The van der Waals surface area contributed by atoms with Gasteiger partial charge in [-0.05, 0) is 12.8 Å². The van der Waals surface area contributed by atoms with E-state index in [9.17, 15) is 9.59 Å². The van der Waals surface area contributed by atoms with Crippen molar-refractivity contribution in [2.24, 2.45) is 5.41 Å². The lowest BCUT2D eigenvalue weighted by molar-refractivity contribution is -0.139. The number of carboxylic acids is 2. The van der Waals surface area contributed by atoms with E-state index in [1.54, 1.807) is 13.8 Å². The van der Waals surface area contributed by atoms with Gasteiger partial charge in [-0.1, -0.05) is 13.8 Å². The van der Waals surface area contributed by atoms with Crippen molar-refractivity contribution in [2.75, 3.05) is 26.4 Å². The van der Waals surface area contributed by atoms with E-state index >= 15 is 0 Å². The Labute approximate surface area is 135 Å². The third-order valence-corrected chi connectivity index (χ3v) is 2.31. The summed E-state index contributed by atoms with van der Waals surface area (Å²) in [7, 11) is 0. The minimum absolute atomic E-state index is 0.0451. The Bertz CT molecular complexity index is 266. The van der Waals surface area contributed by atoms with Crippen molar-refractivity contribution in [2.45, 2.75) is 45.6 Å². The minimum Gasteiger partial charge on any atom is -0.481 e. The quantitative estimate of drug-likeness (QED) is 0.260. The molecule has 0 aromatic carbocycles. The molecule has 0 aromatic rings. The average Bonchev–Trinajstić information content (AvgIpc) is 2.51. The molecular formula is C14H30O9. The summed E-state index contributed by atoms with van der Waals surface area (Å²) in [6.07, 6.45) is 0.0640. The summed E-state index contributed by atoms with van der Waals surface area (Å²) in [5, 5.41) is 57.1. The molecule has 0 aliphatic heterocycles. The SMILES string of the molecule is CC(C)(CO)CO.O=C(O)CCCCC(=O)O.OCC(O)CO. The lowest BCUT2D eigenvalue weighted by Crippen LogP contribution is -2.20.